The summed E-state index contributed by atoms with van der Waals surface area (Å²) >= 11 is 5.04. The van der Waals surface area contributed by atoms with E-state index >= 15 is 0 Å². The number of rotatable bonds is 2. The third-order valence-electron chi connectivity index (χ3n) is 2.09. The molecule has 2 rings (SSSR count). The lowest BCUT2D eigenvalue weighted by Gasteiger charge is -2.05. The van der Waals surface area contributed by atoms with Gasteiger partial charge in [-0.1, -0.05) is 30.0 Å². The van der Waals surface area contributed by atoms with E-state index in [1.165, 1.54) is 10.5 Å². The molecule has 1 aromatic carbocycles. The molecule has 0 fully saturated rings. The third kappa shape index (κ3) is 2.83. The van der Waals surface area contributed by atoms with Gasteiger partial charge in [0.25, 0.3) is 0 Å². The molecule has 1 heterocycles. The Bertz CT molecular complexity index is 494. The van der Waals surface area contributed by atoms with E-state index in [1.54, 1.807) is 11.8 Å². The van der Waals surface area contributed by atoms with Crippen LogP contribution in [0.4, 0.5) is 0 Å². The Morgan fingerprint density at radius 3 is 2.56 bits per heavy atom. The second-order valence-corrected chi connectivity index (χ2v) is 5.32. The van der Waals surface area contributed by atoms with Gasteiger partial charge in [0.15, 0.2) is 0 Å². The van der Waals surface area contributed by atoms with Gasteiger partial charge in [0.1, 0.15) is 15.5 Å². The highest BCUT2D eigenvalue weighted by atomic mass is 79.9. The zero-order valence-corrected chi connectivity index (χ0v) is 11.5. The Hall–Kier alpha value is -0.870. The zero-order valence-electron chi connectivity index (χ0n) is 9.07. The van der Waals surface area contributed by atoms with Gasteiger partial charge in [-0.2, -0.15) is 0 Å². The summed E-state index contributed by atoms with van der Waals surface area (Å²) < 4.78 is 0.830. The first-order valence-corrected chi connectivity index (χ1v) is 6.51. The van der Waals surface area contributed by atoms with Gasteiger partial charge >= 0.3 is 0 Å². The number of halogens is 1. The molecule has 4 heteroatoms. The molecule has 0 saturated carbocycles. The maximum absolute atomic E-state index is 4.39. The van der Waals surface area contributed by atoms with Crippen LogP contribution in [0.5, 0.6) is 0 Å². The standard InChI is InChI=1S/C12H11BrN2S/c1-8-5-3-4-6-10(8)16-12-7-11(13)14-9(2)15-12/h3-7H,1-2H3. The maximum atomic E-state index is 4.39. The molecule has 1 aromatic heterocycles. The van der Waals surface area contributed by atoms with Gasteiger partial charge in [0.2, 0.25) is 0 Å². The fraction of sp³-hybridized carbons (Fsp3) is 0.167. The Morgan fingerprint density at radius 1 is 1.12 bits per heavy atom. The topological polar surface area (TPSA) is 25.8 Å². The van der Waals surface area contributed by atoms with Gasteiger partial charge in [-0.15, -0.1) is 0 Å². The Kier molecular flexibility index (Phi) is 3.61. The summed E-state index contributed by atoms with van der Waals surface area (Å²) in [6.07, 6.45) is 0. The summed E-state index contributed by atoms with van der Waals surface area (Å²) in [5, 5.41) is 0.966. The van der Waals surface area contributed by atoms with E-state index in [4.69, 9.17) is 0 Å². The van der Waals surface area contributed by atoms with Crippen LogP contribution in [0, 0.1) is 13.8 Å². The Balaban J connectivity index is 2.30. The van der Waals surface area contributed by atoms with Crippen molar-refractivity contribution in [2.24, 2.45) is 0 Å². The Morgan fingerprint density at radius 2 is 1.88 bits per heavy atom. The number of hydrogen-bond acceptors (Lipinski definition) is 3. The molecule has 0 radical (unpaired) electrons. The first kappa shape index (κ1) is 11.6. The quantitative estimate of drug-likeness (QED) is 0.783. The highest BCUT2D eigenvalue weighted by Gasteiger charge is 2.04. The van der Waals surface area contributed by atoms with Gasteiger partial charge in [-0.25, -0.2) is 9.97 Å². The predicted octanol–water partition coefficient (Wildman–Crippen LogP) is 4.01. The second-order valence-electron chi connectivity index (χ2n) is 3.44. The molecule has 0 spiro atoms. The van der Waals surface area contributed by atoms with Crippen LogP contribution in [0.2, 0.25) is 0 Å². The van der Waals surface area contributed by atoms with E-state index in [0.717, 1.165) is 15.5 Å². The molecule has 0 saturated heterocycles. The van der Waals surface area contributed by atoms with Gasteiger partial charge < -0.3 is 0 Å². The van der Waals surface area contributed by atoms with Crippen molar-refractivity contribution in [2.45, 2.75) is 23.8 Å². The van der Waals surface area contributed by atoms with Gasteiger partial charge in [0, 0.05) is 11.0 Å². The zero-order chi connectivity index (χ0) is 11.5. The van der Waals surface area contributed by atoms with Crippen LogP contribution in [0.15, 0.2) is 44.9 Å². The van der Waals surface area contributed by atoms with Gasteiger partial charge in [0.05, 0.1) is 0 Å². The molecule has 2 nitrogen and oxygen atoms in total. The van der Waals surface area contributed by atoms with Crippen LogP contribution in [0.25, 0.3) is 0 Å². The number of aryl methyl sites for hydroxylation is 2. The average molecular weight is 295 g/mol. The third-order valence-corrected chi connectivity index (χ3v) is 3.59. The van der Waals surface area contributed by atoms with Crippen molar-refractivity contribution in [3.63, 3.8) is 0 Å². The summed E-state index contributed by atoms with van der Waals surface area (Å²) in [7, 11) is 0. The second kappa shape index (κ2) is 4.97. The minimum absolute atomic E-state index is 0.783. The molecular weight excluding hydrogens is 284 g/mol. The Labute approximate surface area is 108 Å². The smallest absolute Gasteiger partial charge is 0.127 e. The van der Waals surface area contributed by atoms with Crippen molar-refractivity contribution in [3.8, 4) is 0 Å². The summed E-state index contributed by atoms with van der Waals surface area (Å²) in [5.41, 5.74) is 1.26. The molecule has 0 aliphatic heterocycles. The molecule has 0 amide bonds. The molecule has 2 aromatic rings. The fourth-order valence-electron chi connectivity index (χ4n) is 1.34. The van der Waals surface area contributed by atoms with Gasteiger partial charge in [-0.3, -0.25) is 0 Å². The van der Waals surface area contributed by atoms with E-state index in [-0.39, 0.29) is 0 Å². The van der Waals surface area contributed by atoms with E-state index in [1.807, 2.05) is 25.1 Å². The van der Waals surface area contributed by atoms with Crippen LogP contribution < -0.4 is 0 Å². The molecule has 0 aliphatic rings. The fourth-order valence-corrected chi connectivity index (χ4v) is 2.92. The van der Waals surface area contributed by atoms with Crippen molar-refractivity contribution >= 4 is 27.7 Å². The van der Waals surface area contributed by atoms with E-state index in [2.05, 4.69) is 45.0 Å². The molecule has 16 heavy (non-hydrogen) atoms. The molecule has 0 N–H and O–H groups in total. The molecule has 82 valence electrons. The van der Waals surface area contributed by atoms with Gasteiger partial charge in [-0.05, 0) is 41.4 Å². The van der Waals surface area contributed by atoms with E-state index < -0.39 is 0 Å². The van der Waals surface area contributed by atoms with Crippen molar-refractivity contribution < 1.29 is 0 Å². The average Bonchev–Trinajstić information content (AvgIpc) is 2.20. The highest BCUT2D eigenvalue weighted by molar-refractivity contribution is 9.10. The summed E-state index contributed by atoms with van der Waals surface area (Å²) in [6.45, 7) is 4.00. The van der Waals surface area contributed by atoms with Crippen molar-refractivity contribution in [1.82, 2.24) is 9.97 Å². The van der Waals surface area contributed by atoms with E-state index in [0.29, 0.717) is 0 Å². The lowest BCUT2D eigenvalue weighted by molar-refractivity contribution is 0.950. The molecule has 0 atom stereocenters. The monoisotopic (exact) mass is 294 g/mol. The number of aromatic nitrogens is 2. The maximum Gasteiger partial charge on any atom is 0.127 e. The first-order valence-electron chi connectivity index (χ1n) is 4.90. The largest absolute Gasteiger partial charge is 0.226 e. The lowest BCUT2D eigenvalue weighted by atomic mass is 10.2. The summed E-state index contributed by atoms with van der Waals surface area (Å²) in [5.74, 6) is 0.783. The van der Waals surface area contributed by atoms with E-state index in [9.17, 15) is 0 Å². The van der Waals surface area contributed by atoms with Crippen LogP contribution in [-0.2, 0) is 0 Å². The van der Waals surface area contributed by atoms with Crippen molar-refractivity contribution in [2.75, 3.05) is 0 Å². The predicted molar refractivity (Wildman–Crippen MR) is 69.8 cm³/mol. The molecule has 0 aliphatic carbocycles. The van der Waals surface area contributed by atoms with Crippen molar-refractivity contribution in [1.29, 1.82) is 0 Å². The van der Waals surface area contributed by atoms with Crippen LogP contribution in [0.1, 0.15) is 11.4 Å². The van der Waals surface area contributed by atoms with Crippen molar-refractivity contribution in [3.05, 3.63) is 46.3 Å². The number of benzene rings is 1. The SMILES string of the molecule is Cc1nc(Br)cc(Sc2ccccc2C)n1. The van der Waals surface area contributed by atoms with Crippen LogP contribution in [0.3, 0.4) is 0 Å². The molecule has 0 unspecified atom stereocenters. The number of nitrogens with zero attached hydrogens (tertiary/aromatic N) is 2. The normalized spacial score (nSPS) is 10.4. The minimum Gasteiger partial charge on any atom is -0.226 e. The summed E-state index contributed by atoms with van der Waals surface area (Å²) in [4.78, 5) is 9.81. The lowest BCUT2D eigenvalue weighted by Crippen LogP contribution is -1.90. The summed E-state index contributed by atoms with van der Waals surface area (Å²) in [6, 6.07) is 10.2. The number of hydrogen-bond donors (Lipinski definition) is 0. The van der Waals surface area contributed by atoms with Crippen LogP contribution in [-0.4, -0.2) is 9.97 Å². The molecular formula is C12H11BrN2S. The minimum atomic E-state index is 0.783. The highest BCUT2D eigenvalue weighted by Crippen LogP contribution is 2.29. The first-order chi connectivity index (χ1) is 7.65. The van der Waals surface area contributed by atoms with Crippen LogP contribution >= 0.6 is 27.7 Å². The molecule has 0 bridgehead atoms.